The van der Waals surface area contributed by atoms with Crippen LogP contribution in [0.1, 0.15) is 11.1 Å². The summed E-state index contributed by atoms with van der Waals surface area (Å²) in [5.74, 6) is 1.50. The van der Waals surface area contributed by atoms with Crippen LogP contribution in [0.5, 0.6) is 17.4 Å². The maximum Gasteiger partial charge on any atom is 0.278 e. The Labute approximate surface area is 184 Å². The van der Waals surface area contributed by atoms with E-state index in [4.69, 9.17) is 9.47 Å². The van der Waals surface area contributed by atoms with Gasteiger partial charge in [0, 0.05) is 12.1 Å². The molecule has 1 aromatic heterocycles. The van der Waals surface area contributed by atoms with Crippen molar-refractivity contribution in [2.24, 2.45) is 0 Å². The topological polar surface area (TPSA) is 74.5 Å². The zero-order chi connectivity index (χ0) is 22.1. The van der Waals surface area contributed by atoms with Crippen LogP contribution in [-0.2, 0) is 17.8 Å². The van der Waals surface area contributed by atoms with E-state index in [1.54, 1.807) is 36.1 Å². The van der Waals surface area contributed by atoms with E-state index in [2.05, 4.69) is 5.32 Å². The van der Waals surface area contributed by atoms with Gasteiger partial charge in [-0.2, -0.15) is 0 Å². The predicted octanol–water partition coefficient (Wildman–Crippen LogP) is 3.98. The van der Waals surface area contributed by atoms with Gasteiger partial charge in [0.15, 0.2) is 0 Å². The Morgan fingerprint density at radius 2 is 1.72 bits per heavy atom. The highest BCUT2D eigenvalue weighted by molar-refractivity contribution is 5.90. The fourth-order valence-electron chi connectivity index (χ4n) is 3.86. The van der Waals surface area contributed by atoms with E-state index in [0.29, 0.717) is 40.7 Å². The molecule has 0 bridgehead atoms. The van der Waals surface area contributed by atoms with Crippen molar-refractivity contribution in [3.63, 3.8) is 0 Å². The van der Waals surface area contributed by atoms with Gasteiger partial charge in [0.05, 0.1) is 18.4 Å². The molecule has 2 heterocycles. The summed E-state index contributed by atoms with van der Waals surface area (Å²) in [4.78, 5) is 26.3. The SMILES string of the molecule is COc1ccc(NC(=O)Cn2c3c(c(=O)n2-c2ccccc2)Cc2ccccc2O3)cc1. The zero-order valence-electron chi connectivity index (χ0n) is 17.4. The lowest BCUT2D eigenvalue weighted by atomic mass is 10.0. The lowest BCUT2D eigenvalue weighted by molar-refractivity contribution is -0.117. The summed E-state index contributed by atoms with van der Waals surface area (Å²) < 4.78 is 14.4. The van der Waals surface area contributed by atoms with Crippen LogP contribution in [0, 0.1) is 0 Å². The molecule has 5 rings (SSSR count). The van der Waals surface area contributed by atoms with E-state index < -0.39 is 0 Å². The highest BCUT2D eigenvalue weighted by atomic mass is 16.5. The molecule has 0 atom stereocenters. The van der Waals surface area contributed by atoms with Crippen LogP contribution in [0.2, 0.25) is 0 Å². The van der Waals surface area contributed by atoms with Crippen LogP contribution in [0.15, 0.2) is 83.7 Å². The van der Waals surface area contributed by atoms with Gasteiger partial charge in [0.2, 0.25) is 11.8 Å². The smallest absolute Gasteiger partial charge is 0.278 e. The molecular formula is C25H21N3O4. The Kier molecular flexibility index (Phi) is 4.99. The molecule has 0 aliphatic carbocycles. The van der Waals surface area contributed by atoms with Gasteiger partial charge in [0.25, 0.3) is 5.56 Å². The average molecular weight is 427 g/mol. The summed E-state index contributed by atoms with van der Waals surface area (Å²) >= 11 is 0. The number of rotatable bonds is 5. The Hall–Kier alpha value is -4.26. The molecule has 0 spiro atoms. The second-order valence-electron chi connectivity index (χ2n) is 7.46. The van der Waals surface area contributed by atoms with Crippen LogP contribution >= 0.6 is 0 Å². The Balaban J connectivity index is 1.53. The van der Waals surface area contributed by atoms with Gasteiger partial charge in [-0.15, -0.1) is 0 Å². The summed E-state index contributed by atoms with van der Waals surface area (Å²) in [6.07, 6.45) is 0.449. The molecule has 0 unspecified atom stereocenters. The van der Waals surface area contributed by atoms with E-state index in [9.17, 15) is 9.59 Å². The number of methoxy groups -OCH3 is 1. The molecular weight excluding hydrogens is 406 g/mol. The number of nitrogens with zero attached hydrogens (tertiary/aromatic N) is 2. The number of aromatic nitrogens is 2. The number of carbonyl (C=O) groups excluding carboxylic acids is 1. The molecule has 0 radical (unpaired) electrons. The summed E-state index contributed by atoms with van der Waals surface area (Å²) in [6, 6.07) is 23.9. The third kappa shape index (κ3) is 3.54. The van der Waals surface area contributed by atoms with Gasteiger partial charge in [-0.3, -0.25) is 9.59 Å². The van der Waals surface area contributed by atoms with Gasteiger partial charge in [-0.1, -0.05) is 36.4 Å². The van der Waals surface area contributed by atoms with E-state index >= 15 is 0 Å². The van der Waals surface area contributed by atoms with Crippen molar-refractivity contribution in [2.75, 3.05) is 12.4 Å². The Morgan fingerprint density at radius 3 is 2.47 bits per heavy atom. The van der Waals surface area contributed by atoms with E-state index in [-0.39, 0.29) is 18.0 Å². The molecule has 1 aliphatic heterocycles. The first-order valence-electron chi connectivity index (χ1n) is 10.2. The number of benzene rings is 3. The molecule has 7 heteroatoms. The van der Waals surface area contributed by atoms with Crippen molar-refractivity contribution in [3.05, 3.63) is 100 Å². The molecule has 0 saturated carbocycles. The first-order chi connectivity index (χ1) is 15.6. The lowest BCUT2D eigenvalue weighted by Gasteiger charge is -2.19. The Morgan fingerprint density at radius 1 is 1.00 bits per heavy atom. The number of amides is 1. The number of para-hydroxylation sites is 2. The lowest BCUT2D eigenvalue weighted by Crippen LogP contribution is -2.27. The van der Waals surface area contributed by atoms with Crippen molar-refractivity contribution in [3.8, 4) is 23.1 Å². The molecule has 1 aliphatic rings. The number of anilines is 1. The number of ether oxygens (including phenoxy) is 2. The number of hydrogen-bond acceptors (Lipinski definition) is 4. The summed E-state index contributed by atoms with van der Waals surface area (Å²) in [6.45, 7) is -0.0896. The minimum Gasteiger partial charge on any atom is -0.497 e. The summed E-state index contributed by atoms with van der Waals surface area (Å²) in [7, 11) is 1.59. The van der Waals surface area contributed by atoms with Crippen LogP contribution in [0.4, 0.5) is 5.69 Å². The van der Waals surface area contributed by atoms with Crippen molar-refractivity contribution in [2.45, 2.75) is 13.0 Å². The number of nitrogens with one attached hydrogen (secondary N) is 1. The molecule has 4 aromatic rings. The fraction of sp³-hybridized carbons (Fsp3) is 0.120. The second kappa shape index (κ2) is 8.11. The van der Waals surface area contributed by atoms with E-state index in [1.807, 2.05) is 54.6 Å². The summed E-state index contributed by atoms with van der Waals surface area (Å²) in [5.41, 5.74) is 2.58. The first-order valence-corrected chi connectivity index (χ1v) is 10.2. The number of hydrogen-bond donors (Lipinski definition) is 1. The molecule has 1 N–H and O–H groups in total. The van der Waals surface area contributed by atoms with Crippen LogP contribution in [-0.4, -0.2) is 22.4 Å². The molecule has 32 heavy (non-hydrogen) atoms. The highest BCUT2D eigenvalue weighted by Gasteiger charge is 2.29. The van der Waals surface area contributed by atoms with Gasteiger partial charge in [-0.25, -0.2) is 9.36 Å². The molecule has 0 fully saturated rings. The minimum atomic E-state index is -0.278. The van der Waals surface area contributed by atoms with Gasteiger partial charge >= 0.3 is 0 Å². The maximum atomic E-state index is 13.4. The van der Waals surface area contributed by atoms with E-state index in [1.165, 1.54) is 4.68 Å². The standard InChI is InChI=1S/C25H21N3O4/c1-31-20-13-11-18(12-14-20)26-23(29)16-27-25-21(15-17-7-5-6-10-22(17)32-25)24(30)28(27)19-8-3-2-4-9-19/h2-14H,15-16H2,1H3,(H,26,29). The molecule has 0 saturated heterocycles. The van der Waals surface area contributed by atoms with Gasteiger partial charge < -0.3 is 14.8 Å². The number of fused-ring (bicyclic) bond motifs is 2. The fourth-order valence-corrected chi connectivity index (χ4v) is 3.86. The highest BCUT2D eigenvalue weighted by Crippen LogP contribution is 2.35. The second-order valence-corrected chi connectivity index (χ2v) is 7.46. The third-order valence-electron chi connectivity index (χ3n) is 5.40. The summed E-state index contributed by atoms with van der Waals surface area (Å²) in [5, 5.41) is 2.87. The van der Waals surface area contributed by atoms with Crippen molar-refractivity contribution >= 4 is 11.6 Å². The maximum absolute atomic E-state index is 13.4. The quantitative estimate of drug-likeness (QED) is 0.460. The third-order valence-corrected chi connectivity index (χ3v) is 5.40. The van der Waals surface area contributed by atoms with Gasteiger partial charge in [-0.05, 0) is 48.0 Å². The largest absolute Gasteiger partial charge is 0.497 e. The molecule has 1 amide bonds. The predicted molar refractivity (Wildman–Crippen MR) is 121 cm³/mol. The monoisotopic (exact) mass is 427 g/mol. The van der Waals surface area contributed by atoms with Crippen molar-refractivity contribution in [1.82, 2.24) is 9.36 Å². The molecule has 160 valence electrons. The van der Waals surface area contributed by atoms with Gasteiger partial charge in [0.1, 0.15) is 18.0 Å². The van der Waals surface area contributed by atoms with Crippen LogP contribution in [0.3, 0.4) is 0 Å². The zero-order valence-corrected chi connectivity index (χ0v) is 17.4. The van der Waals surface area contributed by atoms with Crippen LogP contribution < -0.4 is 20.3 Å². The minimum absolute atomic E-state index is 0.0896. The van der Waals surface area contributed by atoms with Crippen molar-refractivity contribution in [1.29, 1.82) is 0 Å². The normalized spacial score (nSPS) is 11.8. The number of carbonyl (C=O) groups is 1. The molecule has 3 aromatic carbocycles. The Bertz CT molecular complexity index is 1340. The average Bonchev–Trinajstić information content (AvgIpc) is 3.09. The van der Waals surface area contributed by atoms with E-state index in [0.717, 1.165) is 5.56 Å². The molecule has 7 nitrogen and oxygen atoms in total. The van der Waals surface area contributed by atoms with Crippen LogP contribution in [0.25, 0.3) is 5.69 Å². The first kappa shape index (κ1) is 19.7. The van der Waals surface area contributed by atoms with Crippen molar-refractivity contribution < 1.29 is 14.3 Å².